The molecule has 0 saturated heterocycles. The van der Waals surface area contributed by atoms with Gasteiger partial charge >= 0.3 is 0 Å². The molecule has 1 aliphatic carbocycles. The average molecular weight is 336 g/mol. The molecule has 0 spiro atoms. The molecule has 0 heterocycles. The van der Waals surface area contributed by atoms with E-state index in [-0.39, 0.29) is 80.3 Å². The molecule has 0 aromatic rings. The third-order valence-electron chi connectivity index (χ3n) is 1.89. The summed E-state index contributed by atoms with van der Waals surface area (Å²) >= 11 is 0. The van der Waals surface area contributed by atoms with Gasteiger partial charge in [-0.25, -0.2) is 0 Å². The third-order valence-corrected chi connectivity index (χ3v) is 1.89. The zero-order chi connectivity index (χ0) is 7.11. The Kier molecular flexibility index (Phi) is 53.9. The first-order chi connectivity index (χ1) is 4.39. The van der Waals surface area contributed by atoms with E-state index in [1.165, 1.54) is 32.1 Å². The summed E-state index contributed by atoms with van der Waals surface area (Å²) in [6.07, 6.45) is 7.44. The molecule has 0 aromatic carbocycles. The molecular formula is C11H26Y2-2. The monoisotopic (exact) mass is 336 g/mol. The second kappa shape index (κ2) is 23.8. The van der Waals surface area contributed by atoms with E-state index >= 15 is 0 Å². The molecule has 1 saturated carbocycles. The van der Waals surface area contributed by atoms with Crippen molar-refractivity contribution >= 4 is 0 Å². The van der Waals surface area contributed by atoms with E-state index in [1.807, 2.05) is 13.8 Å². The zero-order valence-electron chi connectivity index (χ0n) is 10.3. The van der Waals surface area contributed by atoms with Gasteiger partial charge in [0.1, 0.15) is 0 Å². The topological polar surface area (TPSA) is 0 Å². The standard InChI is InChI=1S/C7H14.C2H6.2CH3.2Y/c1-7-5-3-2-4-6-7;1-2;;;;/h7H,2-6H2,1H3;1-2H3;2*1H3;;/q;;2*-1;;. The van der Waals surface area contributed by atoms with Crippen LogP contribution in [0.3, 0.4) is 0 Å². The molecule has 1 rings (SSSR count). The van der Waals surface area contributed by atoms with Gasteiger partial charge in [-0.05, 0) is 5.92 Å². The van der Waals surface area contributed by atoms with Crippen molar-refractivity contribution in [3.8, 4) is 0 Å². The van der Waals surface area contributed by atoms with Crippen molar-refractivity contribution in [2.24, 2.45) is 5.92 Å². The summed E-state index contributed by atoms with van der Waals surface area (Å²) in [4.78, 5) is 0. The van der Waals surface area contributed by atoms with Crippen LogP contribution in [-0.4, -0.2) is 0 Å². The van der Waals surface area contributed by atoms with Gasteiger partial charge in [0.25, 0.3) is 0 Å². The van der Waals surface area contributed by atoms with Gasteiger partial charge in [-0.1, -0.05) is 52.9 Å². The third kappa shape index (κ3) is 20.3. The van der Waals surface area contributed by atoms with E-state index in [1.54, 1.807) is 0 Å². The molecule has 0 atom stereocenters. The normalized spacial score (nSPS) is 14.1. The van der Waals surface area contributed by atoms with Gasteiger partial charge < -0.3 is 14.9 Å². The van der Waals surface area contributed by atoms with Crippen LogP contribution in [0.2, 0.25) is 0 Å². The van der Waals surface area contributed by atoms with E-state index in [0.29, 0.717) is 0 Å². The van der Waals surface area contributed by atoms with E-state index in [4.69, 9.17) is 0 Å². The summed E-state index contributed by atoms with van der Waals surface area (Å²) in [6.45, 7) is 6.36. The SMILES string of the molecule is CC.CC1CCCCC1.[CH3-].[CH3-].[Y].[Y]. The molecule has 1 fully saturated rings. The molecule has 0 unspecified atom stereocenters. The van der Waals surface area contributed by atoms with Gasteiger partial charge in [-0.2, -0.15) is 0 Å². The smallest absolute Gasteiger partial charge is 0 e. The first-order valence-corrected chi connectivity index (χ1v) is 4.39. The van der Waals surface area contributed by atoms with Gasteiger partial charge in [0.2, 0.25) is 0 Å². The predicted molar refractivity (Wildman–Crippen MR) is 56.4 cm³/mol. The van der Waals surface area contributed by atoms with Crippen LogP contribution >= 0.6 is 0 Å². The second-order valence-corrected chi connectivity index (χ2v) is 2.74. The van der Waals surface area contributed by atoms with Gasteiger partial charge in [-0.3, -0.25) is 0 Å². The van der Waals surface area contributed by atoms with Crippen LogP contribution in [0, 0.1) is 20.8 Å². The molecular weight excluding hydrogens is 310 g/mol. The molecule has 0 aliphatic heterocycles. The van der Waals surface area contributed by atoms with Gasteiger partial charge in [0, 0.05) is 65.4 Å². The fraction of sp³-hybridized carbons (Fsp3) is 0.818. The second-order valence-electron chi connectivity index (χ2n) is 2.74. The predicted octanol–water partition coefficient (Wildman–Crippen LogP) is 4.51. The summed E-state index contributed by atoms with van der Waals surface area (Å²) in [5.41, 5.74) is 0. The Morgan fingerprint density at radius 2 is 1.08 bits per heavy atom. The van der Waals surface area contributed by atoms with E-state index in [0.717, 1.165) is 5.92 Å². The van der Waals surface area contributed by atoms with Gasteiger partial charge in [0.15, 0.2) is 0 Å². The van der Waals surface area contributed by atoms with Crippen molar-refractivity contribution in [3.05, 3.63) is 14.9 Å². The summed E-state index contributed by atoms with van der Waals surface area (Å²) in [5.74, 6) is 1.04. The minimum absolute atomic E-state index is 0. The average Bonchev–Trinajstić information content (AvgIpc) is 1.94. The Bertz CT molecular complexity index is 50.1. The van der Waals surface area contributed by atoms with Gasteiger partial charge in [0.05, 0.1) is 0 Å². The minimum Gasteiger partial charge on any atom is -0.358 e. The molecule has 0 N–H and O–H groups in total. The number of rotatable bonds is 0. The fourth-order valence-corrected chi connectivity index (χ4v) is 1.31. The maximum Gasteiger partial charge on any atom is 0 e. The van der Waals surface area contributed by atoms with Crippen LogP contribution in [0.5, 0.6) is 0 Å². The first kappa shape index (κ1) is 29.5. The maximum atomic E-state index is 2.36. The number of hydrogen-bond acceptors (Lipinski definition) is 0. The Morgan fingerprint density at radius 3 is 1.23 bits per heavy atom. The van der Waals surface area contributed by atoms with Crippen LogP contribution < -0.4 is 0 Å². The Balaban J connectivity index is -0.0000000335. The number of hydrogen-bond donors (Lipinski definition) is 0. The molecule has 78 valence electrons. The Labute approximate surface area is 137 Å². The van der Waals surface area contributed by atoms with Crippen LogP contribution in [0.4, 0.5) is 0 Å². The molecule has 1 aliphatic rings. The van der Waals surface area contributed by atoms with Crippen molar-refractivity contribution in [1.29, 1.82) is 0 Å². The zero-order valence-corrected chi connectivity index (χ0v) is 15.9. The molecule has 0 bridgehead atoms. The van der Waals surface area contributed by atoms with Crippen LogP contribution in [0.25, 0.3) is 0 Å². The van der Waals surface area contributed by atoms with Crippen molar-refractivity contribution in [1.82, 2.24) is 0 Å². The molecule has 2 radical (unpaired) electrons. The van der Waals surface area contributed by atoms with Crippen LogP contribution in [0.1, 0.15) is 52.9 Å². The Hall–Kier alpha value is 2.21. The summed E-state index contributed by atoms with van der Waals surface area (Å²) in [7, 11) is 0. The van der Waals surface area contributed by atoms with Crippen LogP contribution in [0.15, 0.2) is 0 Å². The first-order valence-electron chi connectivity index (χ1n) is 4.39. The van der Waals surface area contributed by atoms with Gasteiger partial charge in [-0.15, -0.1) is 0 Å². The maximum absolute atomic E-state index is 2.36. The molecule has 0 amide bonds. The summed E-state index contributed by atoms with van der Waals surface area (Å²) in [5, 5.41) is 0. The van der Waals surface area contributed by atoms with Crippen molar-refractivity contribution < 1.29 is 65.4 Å². The quantitative estimate of drug-likeness (QED) is 0.571. The van der Waals surface area contributed by atoms with Crippen molar-refractivity contribution in [3.63, 3.8) is 0 Å². The van der Waals surface area contributed by atoms with E-state index in [2.05, 4.69) is 6.92 Å². The van der Waals surface area contributed by atoms with E-state index in [9.17, 15) is 0 Å². The Morgan fingerprint density at radius 1 is 0.769 bits per heavy atom. The largest absolute Gasteiger partial charge is 0.358 e. The summed E-state index contributed by atoms with van der Waals surface area (Å²) in [6, 6.07) is 0. The summed E-state index contributed by atoms with van der Waals surface area (Å²) < 4.78 is 0. The molecule has 2 heteroatoms. The van der Waals surface area contributed by atoms with Crippen molar-refractivity contribution in [2.75, 3.05) is 0 Å². The molecule has 0 aromatic heterocycles. The fourth-order valence-electron chi connectivity index (χ4n) is 1.31. The van der Waals surface area contributed by atoms with E-state index < -0.39 is 0 Å². The minimum atomic E-state index is 0. The molecule has 13 heavy (non-hydrogen) atoms. The van der Waals surface area contributed by atoms with Crippen LogP contribution in [-0.2, 0) is 65.4 Å². The van der Waals surface area contributed by atoms with Crippen molar-refractivity contribution in [2.45, 2.75) is 52.9 Å². The molecule has 0 nitrogen and oxygen atoms in total.